The molecule has 0 amide bonds. The molecule has 0 spiro atoms. The van der Waals surface area contributed by atoms with Crippen molar-refractivity contribution in [3.05, 3.63) is 59.9 Å². The van der Waals surface area contributed by atoms with Crippen LogP contribution >= 0.6 is 0 Å². The second-order valence-electron chi connectivity index (χ2n) is 6.72. The van der Waals surface area contributed by atoms with Crippen LogP contribution in [0.5, 0.6) is 5.75 Å². The summed E-state index contributed by atoms with van der Waals surface area (Å²) in [4.78, 5) is 29.9. The zero-order valence-electron chi connectivity index (χ0n) is 17.8. The molecular formula is C23H28NO6-. The van der Waals surface area contributed by atoms with Gasteiger partial charge in [0.1, 0.15) is 11.2 Å². The lowest BCUT2D eigenvalue weighted by Gasteiger charge is -2.42. The second-order valence-corrected chi connectivity index (χ2v) is 6.72. The van der Waals surface area contributed by atoms with E-state index in [9.17, 15) is 14.7 Å². The topological polar surface area (TPSA) is 97.8 Å². The quantitative estimate of drug-likeness (QED) is 0.411. The number of aromatic nitrogens is 1. The Kier molecular flexibility index (Phi) is 8.35. The molecule has 0 radical (unpaired) electrons. The van der Waals surface area contributed by atoms with Crippen LogP contribution in [0.4, 0.5) is 0 Å². The number of ether oxygens (including phenoxy) is 3. The number of benzene rings is 1. The van der Waals surface area contributed by atoms with E-state index in [-0.39, 0.29) is 19.6 Å². The average molecular weight is 414 g/mol. The summed E-state index contributed by atoms with van der Waals surface area (Å²) in [5.74, 6) is -2.50. The molecule has 0 saturated carbocycles. The average Bonchev–Trinajstić information content (AvgIpc) is 2.76. The summed E-state index contributed by atoms with van der Waals surface area (Å²) in [6, 6.07) is 12.5. The van der Waals surface area contributed by atoms with E-state index in [1.807, 2.05) is 6.07 Å². The van der Waals surface area contributed by atoms with Crippen molar-refractivity contribution in [1.82, 2.24) is 4.98 Å². The molecule has 0 N–H and O–H groups in total. The van der Waals surface area contributed by atoms with E-state index in [4.69, 9.17) is 14.2 Å². The number of rotatable bonds is 11. The predicted molar refractivity (Wildman–Crippen MR) is 109 cm³/mol. The minimum atomic E-state index is -2.02. The first-order valence-electron chi connectivity index (χ1n) is 10.0. The van der Waals surface area contributed by atoms with Gasteiger partial charge in [-0.1, -0.05) is 25.1 Å². The molecule has 0 fully saturated rings. The molecule has 0 bridgehead atoms. The van der Waals surface area contributed by atoms with Crippen molar-refractivity contribution >= 4 is 11.9 Å². The van der Waals surface area contributed by atoms with E-state index in [1.54, 1.807) is 70.5 Å². The molecule has 162 valence electrons. The highest BCUT2D eigenvalue weighted by molar-refractivity contribution is 5.99. The first-order chi connectivity index (χ1) is 14.5. The molecule has 2 rings (SSSR count). The monoisotopic (exact) mass is 414 g/mol. The number of aliphatic carboxylic acids is 1. The molecule has 1 aromatic carbocycles. The molecule has 2 aromatic rings. The summed E-state index contributed by atoms with van der Waals surface area (Å²) in [5, 5.41) is 12.4. The van der Waals surface area contributed by atoms with Crippen LogP contribution in [0.1, 0.15) is 44.4 Å². The van der Waals surface area contributed by atoms with Crippen LogP contribution in [0, 0.1) is 5.41 Å². The van der Waals surface area contributed by atoms with Crippen molar-refractivity contribution < 1.29 is 28.9 Å². The van der Waals surface area contributed by atoms with Crippen LogP contribution in [0.2, 0.25) is 0 Å². The number of hydrogen-bond donors (Lipinski definition) is 0. The largest absolute Gasteiger partial charge is 0.549 e. The van der Waals surface area contributed by atoms with Gasteiger partial charge >= 0.3 is 5.97 Å². The summed E-state index contributed by atoms with van der Waals surface area (Å²) >= 11 is 0. The van der Waals surface area contributed by atoms with Crippen molar-refractivity contribution in [1.29, 1.82) is 0 Å². The Morgan fingerprint density at radius 2 is 1.87 bits per heavy atom. The normalized spacial score (nSPS) is 14.9. The number of carboxylic acid groups (broad SMARTS) is 1. The predicted octanol–water partition coefficient (Wildman–Crippen LogP) is 2.34. The van der Waals surface area contributed by atoms with Crippen LogP contribution in [-0.4, -0.2) is 43.4 Å². The maximum Gasteiger partial charge on any atom is 0.320 e. The molecule has 3 atom stereocenters. The van der Waals surface area contributed by atoms with Gasteiger partial charge in [-0.05, 0) is 50.1 Å². The number of pyridine rings is 1. The van der Waals surface area contributed by atoms with E-state index >= 15 is 0 Å². The highest BCUT2D eigenvalue weighted by Gasteiger charge is 2.52. The molecular weight excluding hydrogens is 386 g/mol. The first kappa shape index (κ1) is 23.3. The number of carbonyl (C=O) groups is 2. The number of nitrogens with zero attached hydrogens (tertiary/aromatic N) is 1. The Balaban J connectivity index is 2.77. The van der Waals surface area contributed by atoms with Crippen molar-refractivity contribution in [2.75, 3.05) is 20.3 Å². The van der Waals surface area contributed by atoms with Crippen LogP contribution in [0.25, 0.3) is 0 Å². The number of esters is 1. The third-order valence-electron chi connectivity index (χ3n) is 5.16. The second kappa shape index (κ2) is 10.7. The molecule has 1 aromatic heterocycles. The molecule has 0 aliphatic carbocycles. The van der Waals surface area contributed by atoms with Gasteiger partial charge in [0.15, 0.2) is 0 Å². The molecule has 0 aliphatic rings. The van der Waals surface area contributed by atoms with Gasteiger partial charge < -0.3 is 24.1 Å². The minimum Gasteiger partial charge on any atom is -0.549 e. The third-order valence-corrected chi connectivity index (χ3v) is 5.16. The number of methoxy groups -OCH3 is 1. The van der Waals surface area contributed by atoms with Crippen molar-refractivity contribution in [2.45, 2.75) is 39.2 Å². The Bertz CT molecular complexity index is 841. The summed E-state index contributed by atoms with van der Waals surface area (Å²) in [6.07, 6.45) is 0.438. The highest BCUT2D eigenvalue weighted by atomic mass is 16.5. The standard InChI is InChI=1S/C23H29NO6/c1-5-23(21(25)26,22(27)30-7-3)20(29-6-2)19(18-13-8-9-14-24-18)16-11-10-12-17(15-16)28-4/h8-15,19-20H,5-7H2,1-4H3,(H,25,26)/p-1. The molecule has 0 aliphatic heterocycles. The van der Waals surface area contributed by atoms with Gasteiger partial charge in [-0.3, -0.25) is 9.78 Å². The van der Waals surface area contributed by atoms with Gasteiger partial charge in [0.2, 0.25) is 0 Å². The maximum absolute atomic E-state index is 13.0. The lowest BCUT2D eigenvalue weighted by atomic mass is 9.71. The van der Waals surface area contributed by atoms with E-state index < -0.39 is 29.4 Å². The van der Waals surface area contributed by atoms with E-state index in [2.05, 4.69) is 4.98 Å². The summed E-state index contributed by atoms with van der Waals surface area (Å²) in [7, 11) is 1.55. The van der Waals surface area contributed by atoms with Crippen molar-refractivity contribution in [2.24, 2.45) is 5.41 Å². The van der Waals surface area contributed by atoms with Gasteiger partial charge in [-0.25, -0.2) is 0 Å². The van der Waals surface area contributed by atoms with Crippen LogP contribution in [0.15, 0.2) is 48.7 Å². The van der Waals surface area contributed by atoms with Gasteiger partial charge in [0, 0.05) is 12.8 Å². The first-order valence-corrected chi connectivity index (χ1v) is 10.0. The van der Waals surface area contributed by atoms with Crippen LogP contribution < -0.4 is 9.84 Å². The van der Waals surface area contributed by atoms with E-state index in [0.29, 0.717) is 17.0 Å². The lowest BCUT2D eigenvalue weighted by Crippen LogP contribution is -2.58. The Labute approximate surface area is 177 Å². The fourth-order valence-corrected chi connectivity index (χ4v) is 3.66. The van der Waals surface area contributed by atoms with Gasteiger partial charge in [-0.2, -0.15) is 0 Å². The van der Waals surface area contributed by atoms with Crippen LogP contribution in [-0.2, 0) is 19.1 Å². The Morgan fingerprint density at radius 3 is 2.40 bits per heavy atom. The number of carboxylic acids is 1. The van der Waals surface area contributed by atoms with Gasteiger partial charge in [-0.15, -0.1) is 0 Å². The molecule has 0 saturated heterocycles. The van der Waals surface area contributed by atoms with Crippen molar-refractivity contribution in [3.63, 3.8) is 0 Å². The minimum absolute atomic E-state index is 0.0418. The molecule has 1 heterocycles. The van der Waals surface area contributed by atoms with Gasteiger partial charge in [0.05, 0.1) is 37.4 Å². The smallest absolute Gasteiger partial charge is 0.320 e. The highest BCUT2D eigenvalue weighted by Crippen LogP contribution is 2.42. The van der Waals surface area contributed by atoms with E-state index in [1.165, 1.54) is 0 Å². The molecule has 3 unspecified atom stereocenters. The summed E-state index contributed by atoms with van der Waals surface area (Å²) in [5.41, 5.74) is -0.750. The number of hydrogen-bond acceptors (Lipinski definition) is 7. The number of carbonyl (C=O) groups excluding carboxylic acids is 2. The van der Waals surface area contributed by atoms with Crippen LogP contribution in [0.3, 0.4) is 0 Å². The third kappa shape index (κ3) is 4.62. The Hall–Kier alpha value is -2.93. The fraction of sp³-hybridized carbons (Fsp3) is 0.435. The molecule has 7 nitrogen and oxygen atoms in total. The fourth-order valence-electron chi connectivity index (χ4n) is 3.66. The zero-order chi connectivity index (χ0) is 22.1. The van der Waals surface area contributed by atoms with Gasteiger partial charge in [0.25, 0.3) is 0 Å². The zero-order valence-corrected chi connectivity index (χ0v) is 17.8. The molecule has 30 heavy (non-hydrogen) atoms. The maximum atomic E-state index is 13.0. The Morgan fingerprint density at radius 1 is 1.10 bits per heavy atom. The summed E-state index contributed by atoms with van der Waals surface area (Å²) < 4.78 is 16.5. The summed E-state index contributed by atoms with van der Waals surface area (Å²) in [6.45, 7) is 5.21. The van der Waals surface area contributed by atoms with Crippen molar-refractivity contribution in [3.8, 4) is 5.75 Å². The van der Waals surface area contributed by atoms with E-state index in [0.717, 1.165) is 0 Å². The molecule has 7 heteroatoms. The SMILES string of the molecule is CCOC(=O)C(CC)(C(=O)[O-])C(OCC)C(c1cccc(OC)c1)c1ccccn1. The lowest BCUT2D eigenvalue weighted by molar-refractivity contribution is -0.323.